The Balaban J connectivity index is 2.04. The highest BCUT2D eigenvalue weighted by Crippen LogP contribution is 2.28. The van der Waals surface area contributed by atoms with Crippen molar-refractivity contribution in [2.45, 2.75) is 38.4 Å². The minimum absolute atomic E-state index is 0.0210. The van der Waals surface area contributed by atoms with E-state index in [1.54, 1.807) is 6.92 Å². The van der Waals surface area contributed by atoms with E-state index < -0.39 is 30.6 Å². The van der Waals surface area contributed by atoms with E-state index in [1.165, 1.54) is 23.3 Å². The van der Waals surface area contributed by atoms with Crippen molar-refractivity contribution in [2.24, 2.45) is 0 Å². The summed E-state index contributed by atoms with van der Waals surface area (Å²) in [6.07, 6.45) is -4.19. The molecule has 23 heavy (non-hydrogen) atoms. The largest absolute Gasteiger partial charge is 0.406 e. The van der Waals surface area contributed by atoms with Gasteiger partial charge in [-0.3, -0.25) is 9.59 Å². The van der Waals surface area contributed by atoms with Crippen LogP contribution >= 0.6 is 11.3 Å². The summed E-state index contributed by atoms with van der Waals surface area (Å²) in [5.41, 5.74) is 0. The third-order valence-corrected chi connectivity index (χ3v) is 5.20. The first-order valence-electron chi connectivity index (χ1n) is 7.28. The molecular weight excluding hydrogens is 329 g/mol. The minimum Gasteiger partial charge on any atom is -0.333 e. The number of likely N-dealkylation sites (tertiary alicyclic amines) is 1. The molecule has 0 unspecified atom stereocenters. The van der Waals surface area contributed by atoms with Gasteiger partial charge in [0, 0.05) is 23.3 Å². The summed E-state index contributed by atoms with van der Waals surface area (Å²) in [7, 11) is 1.49. The van der Waals surface area contributed by atoms with Crippen molar-refractivity contribution in [3.05, 3.63) is 21.9 Å². The lowest BCUT2D eigenvalue weighted by atomic mass is 10.1. The van der Waals surface area contributed by atoms with E-state index in [2.05, 4.69) is 0 Å². The maximum absolute atomic E-state index is 12.5. The van der Waals surface area contributed by atoms with Crippen LogP contribution in [0.2, 0.25) is 0 Å². The molecule has 8 heteroatoms. The number of aryl methyl sites for hydroxylation is 1. The fourth-order valence-corrected chi connectivity index (χ4v) is 3.64. The van der Waals surface area contributed by atoms with Gasteiger partial charge in [0.1, 0.15) is 12.6 Å². The van der Waals surface area contributed by atoms with E-state index in [0.717, 1.165) is 14.7 Å². The summed E-state index contributed by atoms with van der Waals surface area (Å²) < 4.78 is 37.3. The Kier molecular flexibility index (Phi) is 5.03. The Morgan fingerprint density at radius 3 is 2.65 bits per heavy atom. The highest BCUT2D eigenvalue weighted by Gasteiger charge is 2.42. The number of thiophene rings is 1. The molecule has 1 aromatic heterocycles. The lowest BCUT2D eigenvalue weighted by molar-refractivity contribution is -0.159. The van der Waals surface area contributed by atoms with Crippen molar-refractivity contribution < 1.29 is 22.8 Å². The first kappa shape index (κ1) is 17.8. The van der Waals surface area contributed by atoms with Gasteiger partial charge in [0.2, 0.25) is 11.8 Å². The van der Waals surface area contributed by atoms with Crippen LogP contribution in [0.4, 0.5) is 13.2 Å². The molecule has 1 aliphatic heterocycles. The molecule has 0 aromatic carbocycles. The third-order valence-electron chi connectivity index (χ3n) is 4.01. The maximum atomic E-state index is 12.5. The molecule has 0 N–H and O–H groups in total. The maximum Gasteiger partial charge on any atom is 0.406 e. The summed E-state index contributed by atoms with van der Waals surface area (Å²) in [5.74, 6) is -1.30. The summed E-state index contributed by atoms with van der Waals surface area (Å²) >= 11 is 1.50. The molecule has 4 nitrogen and oxygen atoms in total. The normalized spacial score (nSPS) is 20.0. The quantitative estimate of drug-likeness (QED) is 0.840. The standard InChI is InChI=1S/C15H19F3N2O2S/c1-9-4-5-12(23-9)10(2)13(21)19(3)11-6-7-20(14(11)22)8-15(16,17)18/h4-5,10-11H,6-8H2,1-3H3/t10-,11-/m1/s1. The number of rotatable bonds is 4. The number of likely N-dealkylation sites (N-methyl/N-ethyl adjacent to an activating group) is 1. The van der Waals surface area contributed by atoms with Crippen LogP contribution in [-0.2, 0) is 9.59 Å². The molecule has 2 atom stereocenters. The zero-order valence-electron chi connectivity index (χ0n) is 13.2. The molecule has 2 rings (SSSR count). The zero-order valence-corrected chi connectivity index (χ0v) is 14.0. The Bertz CT molecular complexity index is 600. The molecule has 2 amide bonds. The van der Waals surface area contributed by atoms with Gasteiger partial charge in [-0.1, -0.05) is 0 Å². The first-order valence-corrected chi connectivity index (χ1v) is 8.10. The lowest BCUT2D eigenvalue weighted by Crippen LogP contribution is -2.45. The molecule has 2 heterocycles. The molecular formula is C15H19F3N2O2S. The van der Waals surface area contributed by atoms with Gasteiger partial charge >= 0.3 is 6.18 Å². The van der Waals surface area contributed by atoms with E-state index in [9.17, 15) is 22.8 Å². The van der Waals surface area contributed by atoms with Crippen LogP contribution in [-0.4, -0.2) is 54.0 Å². The van der Waals surface area contributed by atoms with Crippen LogP contribution < -0.4 is 0 Å². The van der Waals surface area contributed by atoms with Gasteiger partial charge in [-0.15, -0.1) is 11.3 Å². The second-order valence-corrected chi connectivity index (χ2v) is 7.12. The van der Waals surface area contributed by atoms with Gasteiger partial charge in [0.25, 0.3) is 0 Å². The van der Waals surface area contributed by atoms with Gasteiger partial charge in [-0.25, -0.2) is 0 Å². The van der Waals surface area contributed by atoms with Crippen LogP contribution in [0.25, 0.3) is 0 Å². The number of hydrogen-bond donors (Lipinski definition) is 0. The number of hydrogen-bond acceptors (Lipinski definition) is 3. The van der Waals surface area contributed by atoms with Crippen LogP contribution in [0, 0.1) is 6.92 Å². The van der Waals surface area contributed by atoms with Gasteiger partial charge in [0.15, 0.2) is 0 Å². The summed E-state index contributed by atoms with van der Waals surface area (Å²) in [5, 5.41) is 0. The molecule has 1 saturated heterocycles. The molecule has 128 valence electrons. The summed E-state index contributed by atoms with van der Waals surface area (Å²) in [6, 6.07) is 2.96. The topological polar surface area (TPSA) is 40.6 Å². The van der Waals surface area contributed by atoms with Crippen molar-refractivity contribution >= 4 is 23.2 Å². The molecule has 0 saturated carbocycles. The van der Waals surface area contributed by atoms with Crippen molar-refractivity contribution in [1.82, 2.24) is 9.80 Å². The highest BCUT2D eigenvalue weighted by molar-refractivity contribution is 7.12. The molecule has 0 aliphatic carbocycles. The Morgan fingerprint density at radius 1 is 1.48 bits per heavy atom. The van der Waals surface area contributed by atoms with Crippen LogP contribution in [0.3, 0.4) is 0 Å². The first-order chi connectivity index (χ1) is 10.6. The predicted molar refractivity (Wildman–Crippen MR) is 81.3 cm³/mol. The molecule has 0 bridgehead atoms. The molecule has 1 aromatic rings. The zero-order chi connectivity index (χ0) is 17.4. The van der Waals surface area contributed by atoms with Gasteiger partial charge in [0.05, 0.1) is 5.92 Å². The van der Waals surface area contributed by atoms with Gasteiger partial charge in [-0.05, 0) is 32.4 Å². The van der Waals surface area contributed by atoms with Crippen LogP contribution in [0.5, 0.6) is 0 Å². The molecule has 1 fully saturated rings. The SMILES string of the molecule is Cc1ccc([C@@H](C)C(=O)N(C)[C@@H]2CCN(CC(F)(F)F)C2=O)s1. The van der Waals surface area contributed by atoms with E-state index >= 15 is 0 Å². The third kappa shape index (κ3) is 4.04. The number of alkyl halides is 3. The van der Waals surface area contributed by atoms with Gasteiger partial charge in [-0.2, -0.15) is 13.2 Å². The van der Waals surface area contributed by atoms with E-state index in [4.69, 9.17) is 0 Å². The van der Waals surface area contributed by atoms with Crippen molar-refractivity contribution in [3.8, 4) is 0 Å². The summed E-state index contributed by atoms with van der Waals surface area (Å²) in [4.78, 5) is 28.7. The van der Waals surface area contributed by atoms with Crippen molar-refractivity contribution in [2.75, 3.05) is 20.1 Å². The number of halogens is 3. The number of nitrogens with zero attached hydrogens (tertiary/aromatic N) is 2. The van der Waals surface area contributed by atoms with Crippen molar-refractivity contribution in [3.63, 3.8) is 0 Å². The second-order valence-electron chi connectivity index (χ2n) is 5.80. The van der Waals surface area contributed by atoms with Crippen molar-refractivity contribution in [1.29, 1.82) is 0 Å². The van der Waals surface area contributed by atoms with Gasteiger partial charge < -0.3 is 9.80 Å². The second kappa shape index (κ2) is 6.51. The minimum atomic E-state index is -4.42. The Hall–Kier alpha value is -1.57. The Morgan fingerprint density at radius 2 is 2.13 bits per heavy atom. The molecule has 1 aliphatic rings. The fourth-order valence-electron chi connectivity index (χ4n) is 2.72. The van der Waals surface area contributed by atoms with Crippen LogP contribution in [0.15, 0.2) is 12.1 Å². The molecule has 0 radical (unpaired) electrons. The average molecular weight is 348 g/mol. The predicted octanol–water partition coefficient (Wildman–Crippen LogP) is 2.78. The number of carbonyl (C=O) groups is 2. The average Bonchev–Trinajstić information content (AvgIpc) is 3.02. The van der Waals surface area contributed by atoms with E-state index in [1.807, 2.05) is 19.1 Å². The highest BCUT2D eigenvalue weighted by atomic mass is 32.1. The number of amides is 2. The number of carbonyl (C=O) groups excluding carboxylic acids is 2. The van der Waals surface area contributed by atoms with Crippen LogP contribution in [0.1, 0.15) is 29.0 Å². The Labute approximate surface area is 136 Å². The smallest absolute Gasteiger partial charge is 0.333 e. The summed E-state index contributed by atoms with van der Waals surface area (Å²) in [6.45, 7) is 2.44. The van der Waals surface area contributed by atoms with E-state index in [0.29, 0.717) is 0 Å². The monoisotopic (exact) mass is 348 g/mol. The molecule has 0 spiro atoms. The lowest BCUT2D eigenvalue weighted by Gasteiger charge is -2.26. The van der Waals surface area contributed by atoms with E-state index in [-0.39, 0.29) is 18.9 Å². The fraction of sp³-hybridized carbons (Fsp3) is 0.600.